The van der Waals surface area contributed by atoms with E-state index in [0.29, 0.717) is 24.9 Å². The van der Waals surface area contributed by atoms with E-state index in [2.05, 4.69) is 20.9 Å². The second-order valence-corrected chi connectivity index (χ2v) is 16.2. The molecule has 3 N–H and O–H groups in total. The van der Waals surface area contributed by atoms with Crippen LogP contribution >= 0.6 is 0 Å². The minimum atomic E-state index is -0.684. The molecule has 18 nitrogen and oxygen atoms in total. The van der Waals surface area contributed by atoms with Crippen LogP contribution in [0.4, 0.5) is 0 Å². The number of likely N-dealkylation sites (N-methyl/N-ethyl adjacent to an activating group) is 2. The number of fused-ring (bicyclic) bond motifs is 2. The number of nitrogens with zero attached hydrogens (tertiary/aromatic N) is 4. The number of carbonyl (C=O) groups is 7. The highest BCUT2D eigenvalue weighted by molar-refractivity contribution is 6.12. The van der Waals surface area contributed by atoms with Gasteiger partial charge in [-0.15, -0.1) is 0 Å². The second-order valence-electron chi connectivity index (χ2n) is 16.2. The summed E-state index contributed by atoms with van der Waals surface area (Å²) in [6.45, 7) is 7.13. The van der Waals surface area contributed by atoms with E-state index in [9.17, 15) is 33.6 Å². The van der Waals surface area contributed by atoms with Crippen LogP contribution in [-0.4, -0.2) is 185 Å². The van der Waals surface area contributed by atoms with E-state index >= 15 is 0 Å². The van der Waals surface area contributed by atoms with Crippen molar-refractivity contribution in [1.82, 2.24) is 35.6 Å². The lowest BCUT2D eigenvalue weighted by Crippen LogP contribution is -2.55. The molecule has 0 aromatic carbocycles. The van der Waals surface area contributed by atoms with Gasteiger partial charge >= 0.3 is 0 Å². The fraction of sp³-hybridized carbons (Fsp3) is 0.780. The zero-order valence-electron chi connectivity index (χ0n) is 35.9. The number of methoxy groups -OCH3 is 2. The first-order valence-corrected chi connectivity index (χ1v) is 21.1. The van der Waals surface area contributed by atoms with Crippen molar-refractivity contribution in [2.45, 2.75) is 102 Å². The highest BCUT2D eigenvalue weighted by Crippen LogP contribution is 2.41. The molecule has 7 amide bonds. The van der Waals surface area contributed by atoms with Gasteiger partial charge in [-0.2, -0.15) is 0 Å². The number of nitrogens with one attached hydrogen (secondary N) is 3. The Hall–Kier alpha value is -3.97. The molecule has 2 saturated heterocycles. The van der Waals surface area contributed by atoms with Crippen molar-refractivity contribution in [3.8, 4) is 0 Å². The molecule has 3 heterocycles. The van der Waals surface area contributed by atoms with E-state index in [0.717, 1.165) is 37.0 Å². The number of piperidine rings is 1. The Morgan fingerprint density at radius 2 is 1.59 bits per heavy atom. The number of hydrogen-bond donors (Lipinski definition) is 3. The van der Waals surface area contributed by atoms with E-state index in [4.69, 9.17) is 18.9 Å². The summed E-state index contributed by atoms with van der Waals surface area (Å²) in [5.41, 5.74) is 0. The van der Waals surface area contributed by atoms with Crippen molar-refractivity contribution in [2.24, 2.45) is 17.8 Å². The lowest BCUT2D eigenvalue weighted by molar-refractivity contribution is -0.146. The Morgan fingerprint density at radius 1 is 0.898 bits per heavy atom. The molecular weight excluding hydrogens is 766 g/mol. The monoisotopic (exact) mass is 833 g/mol. The van der Waals surface area contributed by atoms with Gasteiger partial charge in [0, 0.05) is 52.6 Å². The quantitative estimate of drug-likeness (QED) is 0.0802. The van der Waals surface area contributed by atoms with Crippen LogP contribution in [0.5, 0.6) is 0 Å². The number of rotatable bonds is 25. The summed E-state index contributed by atoms with van der Waals surface area (Å²) in [7, 11) is 6.72. The number of carbonyl (C=O) groups excluding carboxylic acids is 7. The van der Waals surface area contributed by atoms with Crippen molar-refractivity contribution >= 4 is 41.4 Å². The van der Waals surface area contributed by atoms with E-state index in [1.54, 1.807) is 23.8 Å². The largest absolute Gasteiger partial charge is 0.379 e. The first-order valence-electron chi connectivity index (χ1n) is 21.1. The van der Waals surface area contributed by atoms with Gasteiger partial charge in [-0.3, -0.25) is 43.4 Å². The Labute approximate surface area is 348 Å². The topological polar surface area (TPSA) is 205 Å². The van der Waals surface area contributed by atoms with Gasteiger partial charge in [-0.1, -0.05) is 27.2 Å². The van der Waals surface area contributed by atoms with Gasteiger partial charge in [0.2, 0.25) is 29.5 Å². The molecule has 18 heteroatoms. The molecule has 3 aliphatic heterocycles. The van der Waals surface area contributed by atoms with Crippen molar-refractivity contribution in [2.75, 3.05) is 87.5 Å². The average molecular weight is 834 g/mol. The summed E-state index contributed by atoms with van der Waals surface area (Å²) in [6.07, 6.45) is 6.43. The summed E-state index contributed by atoms with van der Waals surface area (Å²) in [5.74, 6) is -2.43. The maximum atomic E-state index is 14.0. The summed E-state index contributed by atoms with van der Waals surface area (Å²) in [4.78, 5) is 96.1. The molecule has 2 bridgehead atoms. The van der Waals surface area contributed by atoms with Gasteiger partial charge in [0.25, 0.3) is 11.8 Å². The number of imide groups is 1. The third-order valence-electron chi connectivity index (χ3n) is 12.6. The van der Waals surface area contributed by atoms with Crippen LogP contribution in [0.1, 0.15) is 65.7 Å². The minimum absolute atomic E-state index is 0.0107. The normalized spacial score (nSPS) is 23.9. The lowest BCUT2D eigenvalue weighted by atomic mass is 9.90. The zero-order chi connectivity index (χ0) is 43.2. The minimum Gasteiger partial charge on any atom is -0.379 e. The number of ether oxygens (including phenoxy) is 4. The first-order chi connectivity index (χ1) is 28.2. The van der Waals surface area contributed by atoms with Gasteiger partial charge in [0.15, 0.2) is 0 Å². The molecule has 0 spiro atoms. The Balaban J connectivity index is 1.20. The molecule has 3 fully saturated rings. The van der Waals surface area contributed by atoms with Crippen LogP contribution in [0.25, 0.3) is 0 Å². The lowest BCUT2D eigenvalue weighted by Gasteiger charge is -2.39. The van der Waals surface area contributed by atoms with Crippen LogP contribution < -0.4 is 16.0 Å². The molecule has 0 aromatic rings. The van der Waals surface area contributed by atoms with Crippen LogP contribution in [0, 0.1) is 17.8 Å². The number of hydrogen-bond acceptors (Lipinski definition) is 12. The van der Waals surface area contributed by atoms with Gasteiger partial charge in [0.1, 0.15) is 0 Å². The third-order valence-corrected chi connectivity index (χ3v) is 12.6. The molecule has 1 saturated carbocycles. The number of amides is 7. The van der Waals surface area contributed by atoms with Crippen molar-refractivity contribution in [3.05, 3.63) is 12.2 Å². The molecular formula is C41H67N7O11. The van der Waals surface area contributed by atoms with Crippen molar-refractivity contribution in [1.29, 1.82) is 0 Å². The maximum Gasteiger partial charge on any atom is 0.253 e. The summed E-state index contributed by atoms with van der Waals surface area (Å²) in [5, 5.41) is 8.24. The predicted molar refractivity (Wildman–Crippen MR) is 215 cm³/mol. The third kappa shape index (κ3) is 12.5. The molecule has 0 aromatic heterocycles. The second kappa shape index (κ2) is 23.1. The zero-order valence-corrected chi connectivity index (χ0v) is 35.9. The van der Waals surface area contributed by atoms with E-state index in [1.165, 1.54) is 26.4 Å². The van der Waals surface area contributed by atoms with Gasteiger partial charge < -0.3 is 44.7 Å². The Bertz CT molecular complexity index is 1490. The van der Waals surface area contributed by atoms with E-state index in [1.807, 2.05) is 20.9 Å². The predicted octanol–water partition coefficient (Wildman–Crippen LogP) is -0.304. The molecule has 0 radical (unpaired) electrons. The highest BCUT2D eigenvalue weighted by Gasteiger charge is 2.47. The van der Waals surface area contributed by atoms with Crippen LogP contribution in [0.2, 0.25) is 0 Å². The summed E-state index contributed by atoms with van der Waals surface area (Å²) in [6, 6.07) is -0.608. The van der Waals surface area contributed by atoms with Gasteiger partial charge in [-0.25, -0.2) is 0 Å². The fourth-order valence-corrected chi connectivity index (χ4v) is 9.11. The van der Waals surface area contributed by atoms with Gasteiger partial charge in [0.05, 0.1) is 88.7 Å². The molecule has 332 valence electrons. The van der Waals surface area contributed by atoms with Crippen molar-refractivity contribution < 1.29 is 52.5 Å². The SMILES string of the molecule is CCC(C)C(C(CC(=O)N1CCCC1C(OC)C(C)C(=O)NCC(=O)NCCOCCOCCN1C(=O)C=CC1=O)OC)N(C)C(=O)CNC(=O)C1C2CCC(C2)N1C. The molecule has 59 heavy (non-hydrogen) atoms. The molecule has 9 unspecified atom stereocenters. The fourth-order valence-electron chi connectivity index (χ4n) is 9.11. The Morgan fingerprint density at radius 3 is 2.22 bits per heavy atom. The molecule has 4 aliphatic rings. The van der Waals surface area contributed by atoms with E-state index < -0.39 is 36.0 Å². The Kier molecular flexibility index (Phi) is 18.7. The first kappa shape index (κ1) is 47.7. The highest BCUT2D eigenvalue weighted by atomic mass is 16.5. The van der Waals surface area contributed by atoms with Crippen LogP contribution in [0.15, 0.2) is 12.2 Å². The standard InChI is InChI=1S/C41H67N7O11/c1-8-26(2)37(46(5)36(53)25-44-41(55)38-28-11-12-29(22-28)45(38)4)31(56-6)23-35(52)47-16-9-10-30(47)39(57-7)27(3)40(54)43-24-32(49)42-15-18-58-20-21-59-19-17-48-33(50)13-14-34(48)51/h13-14,26-31,37-39H,8-12,15-25H2,1-7H3,(H,42,49)(H,43,54)(H,44,55). The average Bonchev–Trinajstić information content (AvgIpc) is 4.04. The summed E-state index contributed by atoms with van der Waals surface area (Å²) < 4.78 is 22.6. The maximum absolute atomic E-state index is 14.0. The molecule has 1 aliphatic carbocycles. The van der Waals surface area contributed by atoms with Crippen molar-refractivity contribution in [3.63, 3.8) is 0 Å². The van der Waals surface area contributed by atoms with E-state index in [-0.39, 0.29) is 107 Å². The van der Waals surface area contributed by atoms with Crippen LogP contribution in [0.3, 0.4) is 0 Å². The molecule has 9 atom stereocenters. The number of likely N-dealkylation sites (tertiary alicyclic amines) is 2. The summed E-state index contributed by atoms with van der Waals surface area (Å²) >= 11 is 0. The van der Waals surface area contributed by atoms with Crippen LogP contribution in [-0.2, 0) is 52.5 Å². The van der Waals surface area contributed by atoms with Gasteiger partial charge in [-0.05, 0) is 51.0 Å². The smallest absolute Gasteiger partial charge is 0.253 e. The molecule has 4 rings (SSSR count).